The molecule has 0 aromatic carbocycles. The number of hydrogen-bond acceptors (Lipinski definition) is 7. The van der Waals surface area contributed by atoms with Gasteiger partial charge in [-0.15, -0.1) is 0 Å². The summed E-state index contributed by atoms with van der Waals surface area (Å²) >= 11 is 0. The van der Waals surface area contributed by atoms with Gasteiger partial charge >= 0.3 is 11.9 Å². The summed E-state index contributed by atoms with van der Waals surface area (Å²) < 4.78 is 0. The molecule has 0 amide bonds. The highest BCUT2D eigenvalue weighted by Crippen LogP contribution is 2.66. The highest BCUT2D eigenvalue weighted by Gasteiger charge is 2.59. The van der Waals surface area contributed by atoms with Crippen molar-refractivity contribution in [2.75, 3.05) is 6.61 Å². The molecule has 0 aromatic heterocycles. The second-order valence-electron chi connectivity index (χ2n) is 10.5. The number of carbonyl (C=O) groups is 3. The topological polar surface area (TPSA) is 88.1 Å². The predicted octanol–water partition coefficient (Wildman–Crippen LogP) is 4.78. The molecule has 0 spiro atoms. The molecule has 0 aliphatic heterocycles. The molecule has 0 N–H and O–H groups in total. The van der Waals surface area contributed by atoms with E-state index in [9.17, 15) is 14.4 Å². The summed E-state index contributed by atoms with van der Waals surface area (Å²) in [6.07, 6.45) is 11.1. The molecule has 33 heavy (non-hydrogen) atoms. The van der Waals surface area contributed by atoms with Crippen LogP contribution in [-0.2, 0) is 33.9 Å². The van der Waals surface area contributed by atoms with E-state index < -0.39 is 11.9 Å². The number of Topliss-reactive ketones (excluding diaryl/α,β-unsaturated/α-hetero) is 1. The molecular weight excluding hydrogens is 424 g/mol. The lowest BCUT2D eigenvalue weighted by Crippen LogP contribution is -2.50. The Labute approximate surface area is 195 Å². The monoisotopic (exact) mass is 458 g/mol. The molecule has 180 valence electrons. The summed E-state index contributed by atoms with van der Waals surface area (Å²) in [5, 5.41) is 0. The lowest BCUT2D eigenvalue weighted by Gasteiger charge is -2.57. The Balaban J connectivity index is 1.53. The van der Waals surface area contributed by atoms with Gasteiger partial charge in [0, 0.05) is 25.2 Å². The first-order chi connectivity index (χ1) is 15.6. The van der Waals surface area contributed by atoms with Crippen molar-refractivity contribution in [2.24, 2.45) is 34.5 Å². The van der Waals surface area contributed by atoms with Gasteiger partial charge < -0.3 is 0 Å². The van der Waals surface area contributed by atoms with Crippen molar-refractivity contribution in [3.63, 3.8) is 0 Å². The van der Waals surface area contributed by atoms with Gasteiger partial charge in [0.1, 0.15) is 0 Å². The standard InChI is InChI=1S/C26H34O7/c1-15-12-19(33-32-17(3)28)13-18-6-7-20-21-8-9-23(24(29)14-30-31-16(2)27)25(21,4)11-10-22(20)26(15,18)5/h6,12-13,20-23H,7-11,14H2,1-5H3/t20-,21-,22-,23+,25-,26-/m0/s1. The average Bonchev–Trinajstić information content (AvgIpc) is 3.10. The maximum Gasteiger partial charge on any atom is 0.352 e. The Morgan fingerprint density at radius 1 is 1.00 bits per heavy atom. The third-order valence-corrected chi connectivity index (χ3v) is 8.89. The molecule has 0 saturated heterocycles. The van der Waals surface area contributed by atoms with Crippen LogP contribution < -0.4 is 0 Å². The molecule has 0 aromatic rings. The average molecular weight is 459 g/mol. The fourth-order valence-electron chi connectivity index (χ4n) is 7.26. The maximum absolute atomic E-state index is 12.9. The van der Waals surface area contributed by atoms with Crippen molar-refractivity contribution in [1.82, 2.24) is 0 Å². The van der Waals surface area contributed by atoms with E-state index in [2.05, 4.69) is 31.7 Å². The van der Waals surface area contributed by atoms with Gasteiger partial charge in [-0.2, -0.15) is 4.89 Å². The highest BCUT2D eigenvalue weighted by atomic mass is 17.2. The van der Waals surface area contributed by atoms with Crippen molar-refractivity contribution in [3.05, 3.63) is 35.1 Å². The van der Waals surface area contributed by atoms with Crippen LogP contribution in [0.4, 0.5) is 0 Å². The summed E-state index contributed by atoms with van der Waals surface area (Å²) in [6.45, 7) is 9.10. The van der Waals surface area contributed by atoms with Crippen LogP contribution in [0.15, 0.2) is 35.1 Å². The Morgan fingerprint density at radius 3 is 2.42 bits per heavy atom. The van der Waals surface area contributed by atoms with Crippen molar-refractivity contribution in [2.45, 2.75) is 66.7 Å². The van der Waals surface area contributed by atoms with Gasteiger partial charge in [0.05, 0.1) is 0 Å². The lowest BCUT2D eigenvalue weighted by atomic mass is 9.47. The zero-order chi connectivity index (χ0) is 24.0. The zero-order valence-corrected chi connectivity index (χ0v) is 20.1. The molecule has 4 aliphatic carbocycles. The van der Waals surface area contributed by atoms with Crippen molar-refractivity contribution < 1.29 is 33.9 Å². The summed E-state index contributed by atoms with van der Waals surface area (Å²) in [4.78, 5) is 54.4. The molecule has 0 unspecified atom stereocenters. The van der Waals surface area contributed by atoms with Gasteiger partial charge in [-0.3, -0.25) is 19.5 Å². The van der Waals surface area contributed by atoms with Gasteiger partial charge in [-0.1, -0.05) is 25.5 Å². The molecule has 2 saturated carbocycles. The van der Waals surface area contributed by atoms with Gasteiger partial charge in [0.15, 0.2) is 18.1 Å². The summed E-state index contributed by atoms with van der Waals surface area (Å²) in [5.74, 6) is 0.910. The first kappa shape index (κ1) is 23.7. The predicted molar refractivity (Wildman–Crippen MR) is 119 cm³/mol. The summed E-state index contributed by atoms with van der Waals surface area (Å²) in [6, 6.07) is 0. The van der Waals surface area contributed by atoms with Gasteiger partial charge in [-0.05, 0) is 79.9 Å². The number of carbonyl (C=O) groups excluding carboxylic acids is 3. The highest BCUT2D eigenvalue weighted by molar-refractivity contribution is 5.83. The van der Waals surface area contributed by atoms with E-state index >= 15 is 0 Å². The molecule has 7 heteroatoms. The quantitative estimate of drug-likeness (QED) is 0.418. The summed E-state index contributed by atoms with van der Waals surface area (Å²) in [7, 11) is 0. The first-order valence-electron chi connectivity index (χ1n) is 11.9. The molecule has 4 rings (SSSR count). The van der Waals surface area contributed by atoms with Gasteiger partial charge in [0.25, 0.3) is 0 Å². The second kappa shape index (κ2) is 8.75. The molecule has 4 aliphatic rings. The largest absolute Gasteiger partial charge is 0.352 e. The third kappa shape index (κ3) is 4.05. The van der Waals surface area contributed by atoms with E-state index in [1.54, 1.807) is 0 Å². The van der Waals surface area contributed by atoms with Crippen molar-refractivity contribution >= 4 is 17.7 Å². The minimum absolute atomic E-state index is 0.0295. The lowest BCUT2D eigenvalue weighted by molar-refractivity contribution is -0.267. The van der Waals surface area contributed by atoms with Crippen molar-refractivity contribution in [1.29, 1.82) is 0 Å². The molecule has 0 bridgehead atoms. The van der Waals surface area contributed by atoms with Crippen LogP contribution in [0.3, 0.4) is 0 Å². The Kier molecular flexibility index (Phi) is 6.29. The smallest absolute Gasteiger partial charge is 0.298 e. The molecule has 7 nitrogen and oxygen atoms in total. The third-order valence-electron chi connectivity index (χ3n) is 8.89. The van der Waals surface area contributed by atoms with Crippen LogP contribution in [0.2, 0.25) is 0 Å². The number of hydrogen-bond donors (Lipinski definition) is 0. The number of allylic oxidation sites excluding steroid dienone is 5. The zero-order valence-electron chi connectivity index (χ0n) is 20.1. The Bertz CT molecular complexity index is 944. The van der Waals surface area contributed by atoms with Crippen molar-refractivity contribution in [3.8, 4) is 0 Å². The Morgan fingerprint density at radius 2 is 1.73 bits per heavy atom. The molecule has 6 atom stereocenters. The van der Waals surface area contributed by atoms with E-state index in [4.69, 9.17) is 14.7 Å². The second-order valence-corrected chi connectivity index (χ2v) is 10.5. The van der Waals surface area contributed by atoms with E-state index in [0.29, 0.717) is 23.5 Å². The van der Waals surface area contributed by atoms with Crippen LogP contribution in [-0.4, -0.2) is 24.3 Å². The van der Waals surface area contributed by atoms with E-state index in [0.717, 1.165) is 32.1 Å². The Hall–Kier alpha value is -2.41. The van der Waals surface area contributed by atoms with E-state index in [1.807, 2.05) is 12.2 Å². The van der Waals surface area contributed by atoms with Crippen LogP contribution in [0.1, 0.15) is 66.7 Å². The SMILES string of the molecule is CC(=O)OOCC(=O)[C@H]1CC[C@H]2[C@@H]3CC=C4C=C(OOC(C)=O)C=C(C)[C@]4(C)[C@H]3CC[C@]12C. The molecule has 0 radical (unpaired) electrons. The normalized spacial score (nSPS) is 36.8. The van der Waals surface area contributed by atoms with Crippen LogP contribution in [0.25, 0.3) is 0 Å². The fraction of sp³-hybridized carbons (Fsp3) is 0.654. The van der Waals surface area contributed by atoms with Crippen LogP contribution in [0, 0.1) is 34.5 Å². The van der Waals surface area contributed by atoms with E-state index in [-0.39, 0.29) is 29.1 Å². The first-order valence-corrected chi connectivity index (χ1v) is 11.9. The van der Waals surface area contributed by atoms with Crippen LogP contribution in [0.5, 0.6) is 0 Å². The van der Waals surface area contributed by atoms with Gasteiger partial charge in [-0.25, -0.2) is 9.59 Å². The van der Waals surface area contributed by atoms with Crippen LogP contribution >= 0.6 is 0 Å². The maximum atomic E-state index is 12.9. The van der Waals surface area contributed by atoms with Gasteiger partial charge in [0.2, 0.25) is 0 Å². The number of fused-ring (bicyclic) bond motifs is 5. The fourth-order valence-corrected chi connectivity index (χ4v) is 7.26. The van der Waals surface area contributed by atoms with E-state index in [1.165, 1.54) is 25.0 Å². The number of rotatable bonds is 6. The minimum atomic E-state index is -0.553. The molecular formula is C26H34O7. The summed E-state index contributed by atoms with van der Waals surface area (Å²) in [5.41, 5.74) is 2.26. The molecule has 0 heterocycles. The molecule has 2 fully saturated rings. The minimum Gasteiger partial charge on any atom is -0.298 e. The number of ketones is 1.